The number of carbonyl (C=O) groups excluding carboxylic acids is 1. The largest absolute Gasteiger partial charge is 0.312 e. The second-order valence-corrected chi connectivity index (χ2v) is 7.23. The molecule has 132 valence electrons. The van der Waals surface area contributed by atoms with E-state index in [0.717, 1.165) is 56.5 Å². The van der Waals surface area contributed by atoms with Gasteiger partial charge in [0.1, 0.15) is 11.6 Å². The molecule has 1 aromatic heterocycles. The molecule has 0 aliphatic carbocycles. The predicted molar refractivity (Wildman–Crippen MR) is 96.5 cm³/mol. The van der Waals surface area contributed by atoms with Gasteiger partial charge in [0.25, 0.3) is 0 Å². The molecule has 1 aromatic carbocycles. The zero-order chi connectivity index (χ0) is 17.4. The van der Waals surface area contributed by atoms with Crippen LogP contribution in [0.5, 0.6) is 0 Å². The molecule has 0 atom stereocenters. The maximum Gasteiger partial charge on any atom is 0.228 e. The van der Waals surface area contributed by atoms with E-state index in [1.54, 1.807) is 0 Å². The second kappa shape index (κ2) is 6.59. The normalized spacial score (nSPS) is 17.0. The smallest absolute Gasteiger partial charge is 0.228 e. The zero-order valence-corrected chi connectivity index (χ0v) is 15.0. The van der Waals surface area contributed by atoms with Crippen LogP contribution < -0.4 is 4.90 Å². The number of hydrogen-bond acceptors (Lipinski definition) is 4. The lowest BCUT2D eigenvalue weighted by Crippen LogP contribution is -2.38. The number of benzene rings is 1. The van der Waals surface area contributed by atoms with Crippen LogP contribution in [0.1, 0.15) is 43.4 Å². The summed E-state index contributed by atoms with van der Waals surface area (Å²) >= 11 is 0. The first kappa shape index (κ1) is 16.3. The lowest BCUT2D eigenvalue weighted by Gasteiger charge is -2.28. The van der Waals surface area contributed by atoms with Gasteiger partial charge in [0.2, 0.25) is 5.91 Å². The molecule has 25 heavy (non-hydrogen) atoms. The first-order chi connectivity index (χ1) is 12.1. The van der Waals surface area contributed by atoms with Crippen LogP contribution in [0, 0.1) is 0 Å². The van der Waals surface area contributed by atoms with Crippen LogP contribution in [0.3, 0.4) is 0 Å². The summed E-state index contributed by atoms with van der Waals surface area (Å²) in [5.74, 6) is 2.71. The molecule has 0 N–H and O–H groups in total. The zero-order valence-electron chi connectivity index (χ0n) is 15.0. The summed E-state index contributed by atoms with van der Waals surface area (Å²) in [5, 5.41) is 8.66. The molecular formula is C19H25N5O. The van der Waals surface area contributed by atoms with Gasteiger partial charge in [0.05, 0.1) is 6.54 Å². The lowest BCUT2D eigenvalue weighted by atomic mass is 10.2. The molecule has 2 aliphatic rings. The molecule has 3 heterocycles. The van der Waals surface area contributed by atoms with Crippen molar-refractivity contribution in [2.45, 2.75) is 45.7 Å². The summed E-state index contributed by atoms with van der Waals surface area (Å²) in [5.41, 5.74) is 2.37. The fourth-order valence-corrected chi connectivity index (χ4v) is 3.83. The van der Waals surface area contributed by atoms with E-state index in [0.29, 0.717) is 12.3 Å². The van der Waals surface area contributed by atoms with Crippen LogP contribution in [-0.4, -0.2) is 45.2 Å². The molecule has 6 heteroatoms. The summed E-state index contributed by atoms with van der Waals surface area (Å²) in [6, 6.07) is 8.22. The first-order valence-corrected chi connectivity index (χ1v) is 9.16. The number of para-hydroxylation sites is 1. The van der Waals surface area contributed by atoms with Gasteiger partial charge in [-0.15, -0.1) is 10.2 Å². The number of fused-ring (bicyclic) bond motifs is 2. The standard InChI is InChI=1S/C19H25N5O/c1-14(2)19-21-20-17-13-22(11-12-24(17)19)9-8-18(25)23-10-7-15-5-3-4-6-16(15)23/h3-6,14H,7-13H2,1-2H3. The van der Waals surface area contributed by atoms with Crippen molar-refractivity contribution in [3.05, 3.63) is 41.5 Å². The Balaban J connectivity index is 1.36. The lowest BCUT2D eigenvalue weighted by molar-refractivity contribution is -0.118. The maximum atomic E-state index is 12.7. The van der Waals surface area contributed by atoms with Crippen molar-refractivity contribution in [3.8, 4) is 0 Å². The monoisotopic (exact) mass is 339 g/mol. The third-order valence-corrected chi connectivity index (χ3v) is 5.21. The topological polar surface area (TPSA) is 54.3 Å². The number of hydrogen-bond donors (Lipinski definition) is 0. The van der Waals surface area contributed by atoms with Gasteiger partial charge in [-0.05, 0) is 18.1 Å². The molecule has 2 aromatic rings. The Bertz CT molecular complexity index is 782. The van der Waals surface area contributed by atoms with Crippen LogP contribution >= 0.6 is 0 Å². The van der Waals surface area contributed by atoms with Gasteiger partial charge >= 0.3 is 0 Å². The van der Waals surface area contributed by atoms with Gasteiger partial charge in [0.15, 0.2) is 0 Å². The highest BCUT2D eigenvalue weighted by Crippen LogP contribution is 2.28. The molecule has 0 spiro atoms. The van der Waals surface area contributed by atoms with Crippen molar-refractivity contribution in [3.63, 3.8) is 0 Å². The molecule has 0 fully saturated rings. The fraction of sp³-hybridized carbons (Fsp3) is 0.526. The minimum atomic E-state index is 0.222. The van der Waals surface area contributed by atoms with Gasteiger partial charge in [-0.2, -0.15) is 0 Å². The van der Waals surface area contributed by atoms with Crippen LogP contribution in [0.2, 0.25) is 0 Å². The van der Waals surface area contributed by atoms with Gasteiger partial charge in [0, 0.05) is 44.2 Å². The van der Waals surface area contributed by atoms with E-state index in [1.165, 1.54) is 5.56 Å². The number of carbonyl (C=O) groups is 1. The summed E-state index contributed by atoms with van der Waals surface area (Å²) in [7, 11) is 0. The van der Waals surface area contributed by atoms with Crippen molar-refractivity contribution < 1.29 is 4.79 Å². The van der Waals surface area contributed by atoms with Gasteiger partial charge in [-0.1, -0.05) is 32.0 Å². The average molecular weight is 339 g/mol. The van der Waals surface area contributed by atoms with Crippen LogP contribution in [0.4, 0.5) is 5.69 Å². The quantitative estimate of drug-likeness (QED) is 0.857. The Labute approximate surface area is 148 Å². The third-order valence-electron chi connectivity index (χ3n) is 5.21. The fourth-order valence-electron chi connectivity index (χ4n) is 3.83. The Kier molecular flexibility index (Phi) is 4.29. The highest BCUT2D eigenvalue weighted by Gasteiger charge is 2.26. The first-order valence-electron chi connectivity index (χ1n) is 9.16. The van der Waals surface area contributed by atoms with Crippen molar-refractivity contribution in [1.29, 1.82) is 0 Å². The molecule has 2 aliphatic heterocycles. The van der Waals surface area contributed by atoms with Crippen LogP contribution in [-0.2, 0) is 24.3 Å². The highest BCUT2D eigenvalue weighted by molar-refractivity contribution is 5.95. The van der Waals surface area contributed by atoms with Crippen molar-refractivity contribution >= 4 is 11.6 Å². The van der Waals surface area contributed by atoms with Gasteiger partial charge < -0.3 is 9.47 Å². The molecule has 1 amide bonds. The van der Waals surface area contributed by atoms with E-state index >= 15 is 0 Å². The molecule has 0 saturated heterocycles. The number of nitrogens with zero attached hydrogens (tertiary/aromatic N) is 5. The van der Waals surface area contributed by atoms with E-state index in [4.69, 9.17) is 0 Å². The predicted octanol–water partition coefficient (Wildman–Crippen LogP) is 2.20. The summed E-state index contributed by atoms with van der Waals surface area (Å²) in [4.78, 5) is 16.9. The second-order valence-electron chi connectivity index (χ2n) is 7.23. The van der Waals surface area contributed by atoms with Crippen LogP contribution in [0.15, 0.2) is 24.3 Å². The molecule has 0 saturated carbocycles. The molecule has 0 unspecified atom stereocenters. The SMILES string of the molecule is CC(C)c1nnc2n1CCN(CCC(=O)N1CCc3ccccc31)C2. The summed E-state index contributed by atoms with van der Waals surface area (Å²) in [6.07, 6.45) is 1.52. The van der Waals surface area contributed by atoms with Gasteiger partial charge in [-0.25, -0.2) is 0 Å². The van der Waals surface area contributed by atoms with E-state index in [1.807, 2.05) is 17.0 Å². The van der Waals surface area contributed by atoms with E-state index < -0.39 is 0 Å². The molecule has 6 nitrogen and oxygen atoms in total. The van der Waals surface area contributed by atoms with Gasteiger partial charge in [-0.3, -0.25) is 9.69 Å². The van der Waals surface area contributed by atoms with E-state index in [9.17, 15) is 4.79 Å². The molecule has 0 bridgehead atoms. The number of rotatable bonds is 4. The molecule has 4 rings (SSSR count). The number of aromatic nitrogens is 3. The summed E-state index contributed by atoms with van der Waals surface area (Å²) < 4.78 is 2.24. The third kappa shape index (κ3) is 3.06. The summed E-state index contributed by atoms with van der Waals surface area (Å²) in [6.45, 7) is 8.53. The molecular weight excluding hydrogens is 314 g/mol. The van der Waals surface area contributed by atoms with Crippen molar-refractivity contribution in [1.82, 2.24) is 19.7 Å². The van der Waals surface area contributed by atoms with Crippen LogP contribution in [0.25, 0.3) is 0 Å². The number of anilines is 1. The average Bonchev–Trinajstić information content (AvgIpc) is 3.23. The highest BCUT2D eigenvalue weighted by atomic mass is 16.2. The Morgan fingerprint density at radius 3 is 2.84 bits per heavy atom. The minimum Gasteiger partial charge on any atom is -0.312 e. The number of amides is 1. The van der Waals surface area contributed by atoms with E-state index in [-0.39, 0.29) is 5.91 Å². The molecule has 0 radical (unpaired) electrons. The Hall–Kier alpha value is -2.21. The van der Waals surface area contributed by atoms with E-state index in [2.05, 4.69) is 45.6 Å². The maximum absolute atomic E-state index is 12.7. The van der Waals surface area contributed by atoms with Crippen molar-refractivity contribution in [2.75, 3.05) is 24.5 Å². The van der Waals surface area contributed by atoms with Crippen molar-refractivity contribution in [2.24, 2.45) is 0 Å². The Morgan fingerprint density at radius 2 is 2.00 bits per heavy atom. The minimum absolute atomic E-state index is 0.222. The Morgan fingerprint density at radius 1 is 1.16 bits per heavy atom.